The molecule has 2 amide bonds. The second-order valence-corrected chi connectivity index (χ2v) is 19.0. The minimum atomic E-state index is -3.13. The number of pyridine rings is 1. The van der Waals surface area contributed by atoms with E-state index in [-0.39, 0.29) is 41.4 Å². The van der Waals surface area contributed by atoms with Crippen molar-refractivity contribution in [3.63, 3.8) is 0 Å². The first-order chi connectivity index (χ1) is 31.4. The van der Waals surface area contributed by atoms with Crippen molar-refractivity contribution < 1.29 is 27.8 Å². The van der Waals surface area contributed by atoms with Crippen LogP contribution in [-0.2, 0) is 28.4 Å². The average Bonchev–Trinajstić information content (AvgIpc) is 4.09. The van der Waals surface area contributed by atoms with Crippen LogP contribution >= 0.6 is 11.6 Å². The minimum Gasteiger partial charge on any atom is -0.480 e. The number of aromatic nitrogens is 5. The highest BCUT2D eigenvalue weighted by molar-refractivity contribution is 6.33. The average molecular weight is 912 g/mol. The molecule has 3 saturated heterocycles. The van der Waals surface area contributed by atoms with E-state index in [9.17, 15) is 14.4 Å². The van der Waals surface area contributed by atoms with E-state index < -0.39 is 30.0 Å². The molecule has 1 unspecified atom stereocenters. The summed E-state index contributed by atoms with van der Waals surface area (Å²) in [6, 6.07) is 11.1. The number of imide groups is 1. The number of rotatable bonds is 9. The number of amides is 2. The minimum absolute atomic E-state index is 0.105. The molecule has 65 heavy (non-hydrogen) atoms. The normalized spacial score (nSPS) is 25.1. The Bertz CT molecular complexity index is 2760. The molecule has 16 nitrogen and oxygen atoms in total. The van der Waals surface area contributed by atoms with E-state index in [4.69, 9.17) is 31.2 Å². The van der Waals surface area contributed by atoms with Gasteiger partial charge >= 0.3 is 5.92 Å². The quantitative estimate of drug-likeness (QED) is 0.155. The summed E-state index contributed by atoms with van der Waals surface area (Å²) in [5.74, 6) is -3.35. The highest BCUT2D eigenvalue weighted by Gasteiger charge is 2.51. The lowest BCUT2D eigenvalue weighted by Gasteiger charge is -2.47. The first-order valence-electron chi connectivity index (χ1n) is 22.8. The van der Waals surface area contributed by atoms with Gasteiger partial charge in [0.2, 0.25) is 23.5 Å². The van der Waals surface area contributed by atoms with Crippen LogP contribution in [0.4, 0.5) is 37.6 Å². The molecule has 0 spiro atoms. The molecule has 6 aliphatic rings. The van der Waals surface area contributed by atoms with E-state index >= 15 is 8.78 Å². The lowest BCUT2D eigenvalue weighted by molar-refractivity contribution is -0.134. The second kappa shape index (κ2) is 16.4. The van der Waals surface area contributed by atoms with Crippen LogP contribution in [0.2, 0.25) is 5.02 Å². The summed E-state index contributed by atoms with van der Waals surface area (Å²) in [6.07, 6.45) is 8.25. The van der Waals surface area contributed by atoms with Crippen molar-refractivity contribution in [3.8, 4) is 5.75 Å². The highest BCUT2D eigenvalue weighted by atomic mass is 35.5. The molecule has 5 aromatic rings. The fraction of sp³-hybridized carbons (Fsp3) is 0.522. The van der Waals surface area contributed by atoms with Gasteiger partial charge in [-0.1, -0.05) is 11.6 Å². The number of hydrogen-bond donors (Lipinski definition) is 3. The zero-order valence-corrected chi connectivity index (χ0v) is 37.1. The molecular weight excluding hydrogens is 860 g/mol. The lowest BCUT2D eigenvalue weighted by Crippen LogP contribution is -2.56. The van der Waals surface area contributed by atoms with Crippen LogP contribution in [0.5, 0.6) is 5.75 Å². The van der Waals surface area contributed by atoms with Crippen LogP contribution in [0.3, 0.4) is 0 Å². The molecular formula is C46H52ClF2N11O5. The molecule has 2 aliphatic carbocycles. The molecule has 0 radical (unpaired) electrons. The monoisotopic (exact) mass is 911 g/mol. The van der Waals surface area contributed by atoms with Gasteiger partial charge in [0.1, 0.15) is 5.02 Å². The van der Waals surface area contributed by atoms with Gasteiger partial charge in [0.05, 0.1) is 52.8 Å². The summed E-state index contributed by atoms with van der Waals surface area (Å²) < 4.78 is 45.7. The predicted octanol–water partition coefficient (Wildman–Crippen LogP) is 5.69. The number of hydrogen-bond acceptors (Lipinski definition) is 13. The Kier molecular flexibility index (Phi) is 10.6. The van der Waals surface area contributed by atoms with E-state index in [2.05, 4.69) is 53.8 Å². The number of carbonyl (C=O) groups is 2. The van der Waals surface area contributed by atoms with E-state index in [0.717, 1.165) is 87.2 Å². The number of carbonyl (C=O) groups excluding carboxylic acids is 2. The predicted molar refractivity (Wildman–Crippen MR) is 243 cm³/mol. The maximum atomic E-state index is 15.2. The van der Waals surface area contributed by atoms with Crippen LogP contribution in [0, 0.1) is 5.92 Å². The fourth-order valence-corrected chi connectivity index (χ4v) is 10.6. The summed E-state index contributed by atoms with van der Waals surface area (Å²) in [5, 5.41) is 15.4. The van der Waals surface area contributed by atoms with Gasteiger partial charge in [0, 0.05) is 88.0 Å². The second-order valence-electron chi connectivity index (χ2n) is 18.6. The first-order valence-corrected chi connectivity index (χ1v) is 23.2. The molecule has 7 heterocycles. The Morgan fingerprint density at radius 2 is 1.68 bits per heavy atom. The number of benzene rings is 2. The van der Waals surface area contributed by atoms with Gasteiger partial charge < -0.3 is 34.5 Å². The molecule has 11 rings (SSSR count). The summed E-state index contributed by atoms with van der Waals surface area (Å²) >= 11 is 6.63. The van der Waals surface area contributed by atoms with Crippen LogP contribution in [0.15, 0.2) is 47.4 Å². The van der Waals surface area contributed by atoms with E-state index in [1.54, 1.807) is 25.4 Å². The number of alkyl halides is 2. The van der Waals surface area contributed by atoms with Crippen LogP contribution in [-0.4, -0.2) is 117 Å². The first kappa shape index (κ1) is 42.1. The lowest BCUT2D eigenvalue weighted by atomic mass is 9.87. The molecule has 2 saturated carbocycles. The van der Waals surface area contributed by atoms with Crippen molar-refractivity contribution in [3.05, 3.63) is 63.7 Å². The van der Waals surface area contributed by atoms with Gasteiger partial charge in [-0.05, 0) is 87.3 Å². The summed E-state index contributed by atoms with van der Waals surface area (Å²) in [5.41, 5.74) is 3.84. The van der Waals surface area contributed by atoms with Crippen molar-refractivity contribution in [2.75, 3.05) is 66.3 Å². The van der Waals surface area contributed by atoms with Crippen molar-refractivity contribution >= 4 is 74.0 Å². The maximum absolute atomic E-state index is 15.2. The largest absolute Gasteiger partial charge is 0.480 e. The van der Waals surface area contributed by atoms with Crippen LogP contribution in [0.1, 0.15) is 63.0 Å². The number of aryl methyl sites for hydroxylation is 2. The maximum Gasteiger partial charge on any atom is 0.301 e. The van der Waals surface area contributed by atoms with E-state index in [1.807, 2.05) is 17.8 Å². The summed E-state index contributed by atoms with van der Waals surface area (Å²) in [6.45, 7) is 4.23. The number of anilines is 5. The molecule has 342 valence electrons. The Morgan fingerprint density at radius 3 is 2.43 bits per heavy atom. The van der Waals surface area contributed by atoms with Crippen molar-refractivity contribution in [1.29, 1.82) is 0 Å². The van der Waals surface area contributed by atoms with Crippen LogP contribution < -0.4 is 36.0 Å². The highest BCUT2D eigenvalue weighted by Crippen LogP contribution is 2.46. The smallest absolute Gasteiger partial charge is 0.301 e. The SMILES string of the molecule is Cn1nc(C2CCC(=O)NC2=O)c2ccc(N3CCC(OC4CC(N5CCN(c6ncc(Cl)c(Nc7ccc8c(c7)c7c(c(=O)n8C)OCC(F)(F)[C@H](C8CC8)N7)n6)CC5)C4)CC3)cc21. The fourth-order valence-electron chi connectivity index (χ4n) is 10.5. The third-order valence-electron chi connectivity index (χ3n) is 14.4. The number of fused-ring (bicyclic) bond motifs is 4. The number of nitrogens with one attached hydrogen (secondary N) is 3. The molecule has 4 aliphatic heterocycles. The van der Waals surface area contributed by atoms with Crippen molar-refractivity contribution in [1.82, 2.24) is 34.5 Å². The van der Waals surface area contributed by atoms with Gasteiger partial charge in [-0.3, -0.25) is 29.3 Å². The Labute approximate surface area is 378 Å². The number of piperidine rings is 2. The van der Waals surface area contributed by atoms with Gasteiger partial charge in [-0.15, -0.1) is 0 Å². The van der Waals surface area contributed by atoms with Crippen LogP contribution in [0.25, 0.3) is 21.8 Å². The van der Waals surface area contributed by atoms with Crippen molar-refractivity contribution in [2.45, 2.75) is 87.5 Å². The number of piperazine rings is 1. The van der Waals surface area contributed by atoms with Gasteiger partial charge in [-0.2, -0.15) is 10.1 Å². The Balaban J connectivity index is 0.673. The third kappa shape index (κ3) is 7.90. The zero-order valence-electron chi connectivity index (χ0n) is 36.4. The zero-order chi connectivity index (χ0) is 44.7. The Hall–Kier alpha value is -5.59. The van der Waals surface area contributed by atoms with Gasteiger partial charge in [0.25, 0.3) is 5.56 Å². The standard InChI is InChI=1S/C46H52ClF2N11O5/c1-56-35-9-5-26(19-33(35)39-40(44(56)63)64-24-46(48,49)41(53-39)25-3-4-25)51-42-34(47)23-50-45(54-42)60-17-15-59(16-18-60)28-20-30(21-28)65-29-11-13-58(14-12-29)27-6-7-31-36(22-27)57(2)55-38(31)32-8-10-37(61)52-43(32)62/h5-7,9,19,22-23,25,28-30,32,41,53H,3-4,8,10-18,20-21,24H2,1-2H3,(H,50,51,54)(H,52,61,62)/t28?,30?,32?,41-/m0/s1. The number of halogens is 3. The number of nitrogens with zero attached hydrogens (tertiary/aromatic N) is 8. The molecule has 2 aromatic carbocycles. The summed E-state index contributed by atoms with van der Waals surface area (Å²) in [7, 11) is 3.51. The molecule has 0 bridgehead atoms. The van der Waals surface area contributed by atoms with E-state index in [0.29, 0.717) is 65.1 Å². The van der Waals surface area contributed by atoms with Crippen molar-refractivity contribution in [2.24, 2.45) is 20.0 Å². The Morgan fingerprint density at radius 1 is 0.892 bits per heavy atom. The van der Waals surface area contributed by atoms with E-state index in [1.165, 1.54) is 4.57 Å². The number of ether oxygens (including phenoxy) is 2. The summed E-state index contributed by atoms with van der Waals surface area (Å²) in [4.78, 5) is 54.0. The molecule has 3 N–H and O–H groups in total. The van der Waals surface area contributed by atoms with Gasteiger partial charge in [-0.25, -0.2) is 13.8 Å². The third-order valence-corrected chi connectivity index (χ3v) is 14.7. The topological polar surface area (TPSA) is 164 Å². The molecule has 5 fully saturated rings. The molecule has 3 aromatic heterocycles. The molecule has 2 atom stereocenters. The molecule has 19 heteroatoms. The van der Waals surface area contributed by atoms with Gasteiger partial charge in [0.15, 0.2) is 12.4 Å².